The van der Waals surface area contributed by atoms with E-state index in [0.717, 1.165) is 4.90 Å². The fourth-order valence-electron chi connectivity index (χ4n) is 2.94. The monoisotopic (exact) mass is 434 g/mol. The molecule has 29 heavy (non-hydrogen) atoms. The van der Waals surface area contributed by atoms with Crippen molar-refractivity contribution in [3.05, 3.63) is 0 Å². The third kappa shape index (κ3) is 7.14. The van der Waals surface area contributed by atoms with Crippen molar-refractivity contribution in [3.8, 4) is 0 Å². The normalized spacial score (nSPS) is 20.4. The number of amides is 3. The largest absolute Gasteiger partial charge is 0.480 e. The minimum atomic E-state index is -1.33. The molecule has 1 aliphatic heterocycles. The zero-order valence-corrected chi connectivity index (χ0v) is 17.4. The van der Waals surface area contributed by atoms with Crippen molar-refractivity contribution < 1.29 is 34.5 Å². The maximum atomic E-state index is 12.6. The van der Waals surface area contributed by atoms with Crippen LogP contribution in [0.5, 0.6) is 0 Å². The average molecular weight is 435 g/mol. The molecule has 166 valence electrons. The van der Waals surface area contributed by atoms with Gasteiger partial charge in [-0.2, -0.15) is 11.8 Å². The van der Waals surface area contributed by atoms with Gasteiger partial charge in [0.05, 0.1) is 12.7 Å². The van der Waals surface area contributed by atoms with Crippen LogP contribution in [0.15, 0.2) is 0 Å². The van der Waals surface area contributed by atoms with E-state index in [9.17, 15) is 34.5 Å². The third-order valence-electron chi connectivity index (χ3n) is 4.68. The van der Waals surface area contributed by atoms with E-state index >= 15 is 0 Å². The summed E-state index contributed by atoms with van der Waals surface area (Å²) in [5.41, 5.74) is 5.58. The quantitative estimate of drug-likeness (QED) is 0.204. The van der Waals surface area contributed by atoms with Gasteiger partial charge in [-0.3, -0.25) is 14.4 Å². The van der Waals surface area contributed by atoms with Crippen molar-refractivity contribution in [2.75, 3.05) is 25.2 Å². The summed E-state index contributed by atoms with van der Waals surface area (Å²) in [7, 11) is 0. The molecular formula is C17H30N4O7S. The van der Waals surface area contributed by atoms with Crippen molar-refractivity contribution in [1.82, 2.24) is 15.5 Å². The molecular weight excluding hydrogens is 404 g/mol. The number of carbonyl (C=O) groups is 4. The molecule has 0 radical (unpaired) electrons. The average Bonchev–Trinajstić information content (AvgIpc) is 3.17. The number of nitrogens with one attached hydrogen (secondary N) is 2. The first-order valence-corrected chi connectivity index (χ1v) is 10.7. The van der Waals surface area contributed by atoms with Crippen molar-refractivity contribution >= 4 is 35.5 Å². The molecule has 1 fully saturated rings. The van der Waals surface area contributed by atoms with Crippen molar-refractivity contribution in [2.45, 2.75) is 56.5 Å². The number of aliphatic carboxylic acids is 1. The van der Waals surface area contributed by atoms with Crippen LogP contribution in [-0.2, 0) is 19.2 Å². The van der Waals surface area contributed by atoms with Crippen LogP contribution in [0.25, 0.3) is 0 Å². The minimum Gasteiger partial charge on any atom is -0.480 e. The van der Waals surface area contributed by atoms with Gasteiger partial charge >= 0.3 is 5.97 Å². The lowest BCUT2D eigenvalue weighted by molar-refractivity contribution is -0.150. The second kappa shape index (κ2) is 12.0. The van der Waals surface area contributed by atoms with Gasteiger partial charge in [0.1, 0.15) is 24.2 Å². The zero-order valence-electron chi connectivity index (χ0n) is 16.5. The molecule has 12 heteroatoms. The molecule has 5 unspecified atom stereocenters. The highest BCUT2D eigenvalue weighted by Gasteiger charge is 2.38. The van der Waals surface area contributed by atoms with Gasteiger partial charge in [0.2, 0.25) is 17.7 Å². The summed E-state index contributed by atoms with van der Waals surface area (Å²) in [6.45, 7) is 0.846. The van der Waals surface area contributed by atoms with E-state index in [0.29, 0.717) is 18.6 Å². The molecule has 0 bridgehead atoms. The lowest BCUT2D eigenvalue weighted by atomic mass is 10.1. The van der Waals surface area contributed by atoms with Crippen LogP contribution >= 0.6 is 11.8 Å². The number of carboxylic acids is 1. The molecule has 5 atom stereocenters. The number of hydrogen-bond acceptors (Lipinski definition) is 8. The smallest absolute Gasteiger partial charge is 0.326 e. The molecule has 1 saturated heterocycles. The van der Waals surface area contributed by atoms with Gasteiger partial charge in [-0.25, -0.2) is 4.79 Å². The highest BCUT2D eigenvalue weighted by molar-refractivity contribution is 7.98. The molecule has 1 heterocycles. The molecule has 11 nitrogen and oxygen atoms in total. The molecule has 1 rings (SSSR count). The summed E-state index contributed by atoms with van der Waals surface area (Å²) < 4.78 is 0. The van der Waals surface area contributed by atoms with Gasteiger partial charge in [0.25, 0.3) is 0 Å². The summed E-state index contributed by atoms with van der Waals surface area (Å²) in [5, 5.41) is 33.1. The Morgan fingerprint density at radius 1 is 1.21 bits per heavy atom. The number of likely N-dealkylation sites (tertiary alicyclic amines) is 1. The number of carboxylic acid groups (broad SMARTS) is 1. The first kappa shape index (κ1) is 25.1. The Kier molecular flexibility index (Phi) is 10.4. The molecule has 3 amide bonds. The minimum absolute atomic E-state index is 0.220. The van der Waals surface area contributed by atoms with Gasteiger partial charge < -0.3 is 36.6 Å². The van der Waals surface area contributed by atoms with Crippen LogP contribution in [0.4, 0.5) is 0 Å². The summed E-state index contributed by atoms with van der Waals surface area (Å²) in [4.78, 5) is 49.8. The zero-order chi connectivity index (χ0) is 22.1. The summed E-state index contributed by atoms with van der Waals surface area (Å²) in [5.74, 6) is -2.74. The second-order valence-corrected chi connectivity index (χ2v) is 7.87. The molecule has 0 aromatic carbocycles. The van der Waals surface area contributed by atoms with Crippen LogP contribution in [0.3, 0.4) is 0 Å². The fourth-order valence-corrected chi connectivity index (χ4v) is 3.41. The molecule has 0 aromatic rings. The van der Waals surface area contributed by atoms with Crippen LogP contribution in [0.1, 0.15) is 26.2 Å². The third-order valence-corrected chi connectivity index (χ3v) is 5.33. The van der Waals surface area contributed by atoms with Gasteiger partial charge in [-0.1, -0.05) is 0 Å². The first-order valence-electron chi connectivity index (χ1n) is 9.31. The van der Waals surface area contributed by atoms with Crippen LogP contribution in [0.2, 0.25) is 0 Å². The predicted molar refractivity (Wildman–Crippen MR) is 106 cm³/mol. The van der Waals surface area contributed by atoms with Gasteiger partial charge in [-0.15, -0.1) is 0 Å². The Morgan fingerprint density at radius 3 is 2.34 bits per heavy atom. The van der Waals surface area contributed by atoms with Gasteiger partial charge in [0.15, 0.2) is 0 Å². The Bertz CT molecular complexity index is 604. The van der Waals surface area contributed by atoms with Crippen LogP contribution in [0, 0.1) is 0 Å². The Morgan fingerprint density at radius 2 is 1.83 bits per heavy atom. The number of aliphatic hydroxyl groups excluding tert-OH is 2. The summed E-state index contributed by atoms with van der Waals surface area (Å²) >= 11 is 1.44. The summed E-state index contributed by atoms with van der Waals surface area (Å²) in [6.07, 6.45) is 1.75. The highest BCUT2D eigenvalue weighted by atomic mass is 32.2. The number of hydrogen-bond donors (Lipinski definition) is 6. The number of carbonyl (C=O) groups excluding carboxylic acids is 3. The predicted octanol–water partition coefficient (Wildman–Crippen LogP) is -2.51. The lowest BCUT2D eigenvalue weighted by Gasteiger charge is -2.28. The molecule has 1 aliphatic rings. The fraction of sp³-hybridized carbons (Fsp3) is 0.765. The maximum absolute atomic E-state index is 12.6. The van der Waals surface area contributed by atoms with Gasteiger partial charge in [-0.05, 0) is 38.2 Å². The highest BCUT2D eigenvalue weighted by Crippen LogP contribution is 2.18. The Labute approximate surface area is 173 Å². The number of rotatable bonds is 11. The van der Waals surface area contributed by atoms with Crippen molar-refractivity contribution in [3.63, 3.8) is 0 Å². The number of thioether (sulfide) groups is 1. The van der Waals surface area contributed by atoms with Gasteiger partial charge in [0, 0.05) is 6.54 Å². The van der Waals surface area contributed by atoms with E-state index in [1.165, 1.54) is 18.7 Å². The van der Waals surface area contributed by atoms with Crippen molar-refractivity contribution in [2.24, 2.45) is 5.73 Å². The van der Waals surface area contributed by atoms with E-state index in [2.05, 4.69) is 10.6 Å². The van der Waals surface area contributed by atoms with Crippen LogP contribution in [-0.4, -0.2) is 99.3 Å². The van der Waals surface area contributed by atoms with E-state index in [4.69, 9.17) is 5.73 Å². The standard InChI is InChI=1S/C17H30N4O7S/c1-9(23)13(18)15(25)19-10(5-7-29-2)14(24)20-11(8-22)16(26)21-6-3-4-12(21)17(27)28/h9-13,22-23H,3-8,18H2,1-2H3,(H,19,25)(H,20,24)(H,27,28). The van der Waals surface area contributed by atoms with E-state index in [-0.39, 0.29) is 13.0 Å². The topological polar surface area (TPSA) is 182 Å². The maximum Gasteiger partial charge on any atom is 0.326 e. The first-order chi connectivity index (χ1) is 13.6. The van der Waals surface area contributed by atoms with E-state index in [1.807, 2.05) is 6.26 Å². The Hall–Kier alpha value is -1.89. The molecule has 0 spiro atoms. The summed E-state index contributed by atoms with van der Waals surface area (Å²) in [6, 6.07) is -4.59. The molecule has 0 saturated carbocycles. The molecule has 0 aliphatic carbocycles. The number of aliphatic hydroxyl groups is 2. The van der Waals surface area contributed by atoms with Crippen LogP contribution < -0.4 is 16.4 Å². The molecule has 7 N–H and O–H groups in total. The van der Waals surface area contributed by atoms with E-state index in [1.54, 1.807) is 0 Å². The molecule has 0 aromatic heterocycles. The van der Waals surface area contributed by atoms with E-state index < -0.39 is 60.6 Å². The number of nitrogens with two attached hydrogens (primary N) is 1. The van der Waals surface area contributed by atoms with Crippen molar-refractivity contribution in [1.29, 1.82) is 0 Å². The lowest BCUT2D eigenvalue weighted by Crippen LogP contribution is -2.59. The second-order valence-electron chi connectivity index (χ2n) is 6.88. The Balaban J connectivity index is 2.85. The SMILES string of the molecule is CSCCC(NC(=O)C(N)C(C)O)C(=O)NC(CO)C(=O)N1CCCC1C(=O)O. The number of nitrogens with zero attached hydrogens (tertiary/aromatic N) is 1.